The summed E-state index contributed by atoms with van der Waals surface area (Å²) >= 11 is 0. The van der Waals surface area contributed by atoms with Crippen molar-refractivity contribution in [3.63, 3.8) is 0 Å². The summed E-state index contributed by atoms with van der Waals surface area (Å²) in [5.41, 5.74) is 0. The molecular weight excluding hydrogens is 128 g/mol. The predicted molar refractivity (Wildman–Crippen MR) is 38.6 cm³/mol. The third-order valence-corrected chi connectivity index (χ3v) is 2.16. The van der Waals surface area contributed by atoms with E-state index in [2.05, 4.69) is 6.92 Å². The van der Waals surface area contributed by atoms with Gasteiger partial charge in [0.1, 0.15) is 5.78 Å². The molecule has 0 saturated heterocycles. The van der Waals surface area contributed by atoms with E-state index in [0.29, 0.717) is 18.3 Å². The van der Waals surface area contributed by atoms with Gasteiger partial charge in [-0.25, -0.2) is 0 Å². The Balaban J connectivity index is 2.22. The highest BCUT2D eigenvalue weighted by atomic mass is 16.3. The fourth-order valence-electron chi connectivity index (χ4n) is 1.33. The average Bonchev–Trinajstić information content (AvgIpc) is 2.44. The van der Waals surface area contributed by atoms with E-state index in [1.165, 1.54) is 6.92 Å². The molecule has 0 aliphatic heterocycles. The molecule has 0 aromatic heterocycles. The Bertz CT molecular complexity index is 142. The van der Waals surface area contributed by atoms with Crippen molar-refractivity contribution in [2.45, 2.75) is 32.8 Å². The molecule has 1 rings (SSSR count). The second-order valence-corrected chi connectivity index (χ2v) is 3.35. The first-order valence-corrected chi connectivity index (χ1v) is 3.78. The van der Waals surface area contributed by atoms with Crippen LogP contribution in [0.5, 0.6) is 0 Å². The van der Waals surface area contributed by atoms with Crippen LogP contribution in [-0.2, 0) is 4.79 Å². The van der Waals surface area contributed by atoms with Gasteiger partial charge in [0.15, 0.2) is 0 Å². The minimum atomic E-state index is -0.368. The lowest BCUT2D eigenvalue weighted by atomic mass is 10.1. The Morgan fingerprint density at radius 3 is 2.60 bits per heavy atom. The Morgan fingerprint density at radius 2 is 2.30 bits per heavy atom. The van der Waals surface area contributed by atoms with E-state index in [1.54, 1.807) is 0 Å². The Morgan fingerprint density at radius 1 is 1.80 bits per heavy atom. The van der Waals surface area contributed by atoms with Crippen molar-refractivity contribution in [3.8, 4) is 0 Å². The van der Waals surface area contributed by atoms with Crippen molar-refractivity contribution in [1.29, 1.82) is 0 Å². The SMILES string of the molecule is CC(=O)C[C@H](O)[C@@H]1C[C@H]1C. The summed E-state index contributed by atoms with van der Waals surface area (Å²) in [6.45, 7) is 3.63. The molecule has 58 valence electrons. The van der Waals surface area contributed by atoms with Crippen LogP contribution in [0, 0.1) is 11.8 Å². The lowest BCUT2D eigenvalue weighted by Gasteiger charge is -2.05. The van der Waals surface area contributed by atoms with Crippen LogP contribution in [0.2, 0.25) is 0 Å². The zero-order valence-corrected chi connectivity index (χ0v) is 6.50. The van der Waals surface area contributed by atoms with E-state index in [4.69, 9.17) is 0 Å². The molecule has 0 unspecified atom stereocenters. The summed E-state index contributed by atoms with van der Waals surface area (Å²) in [5, 5.41) is 9.31. The number of carbonyl (C=O) groups is 1. The van der Waals surface area contributed by atoms with Crippen molar-refractivity contribution < 1.29 is 9.90 Å². The highest BCUT2D eigenvalue weighted by molar-refractivity contribution is 5.76. The smallest absolute Gasteiger partial charge is 0.132 e. The number of rotatable bonds is 3. The van der Waals surface area contributed by atoms with Crippen LogP contribution < -0.4 is 0 Å². The van der Waals surface area contributed by atoms with Crippen molar-refractivity contribution >= 4 is 5.78 Å². The number of aliphatic hydroxyl groups is 1. The van der Waals surface area contributed by atoms with Crippen LogP contribution in [0.4, 0.5) is 0 Å². The van der Waals surface area contributed by atoms with Crippen LogP contribution in [0.15, 0.2) is 0 Å². The van der Waals surface area contributed by atoms with Crippen molar-refractivity contribution in [3.05, 3.63) is 0 Å². The van der Waals surface area contributed by atoms with E-state index < -0.39 is 0 Å². The average molecular weight is 142 g/mol. The minimum absolute atomic E-state index is 0.0894. The van der Waals surface area contributed by atoms with Gasteiger partial charge in [-0.05, 0) is 25.2 Å². The molecule has 0 bridgehead atoms. The van der Waals surface area contributed by atoms with Crippen LogP contribution in [0.1, 0.15) is 26.7 Å². The molecule has 3 atom stereocenters. The monoisotopic (exact) mass is 142 g/mol. The quantitative estimate of drug-likeness (QED) is 0.637. The highest BCUT2D eigenvalue weighted by Crippen LogP contribution is 2.41. The fraction of sp³-hybridized carbons (Fsp3) is 0.875. The van der Waals surface area contributed by atoms with E-state index in [1.807, 2.05) is 0 Å². The molecule has 0 spiro atoms. The molecule has 1 aliphatic carbocycles. The maximum atomic E-state index is 10.5. The van der Waals surface area contributed by atoms with Crippen LogP contribution in [0.25, 0.3) is 0 Å². The molecule has 1 saturated carbocycles. The van der Waals surface area contributed by atoms with Gasteiger partial charge in [0.25, 0.3) is 0 Å². The molecule has 0 amide bonds. The molecule has 0 heterocycles. The van der Waals surface area contributed by atoms with Gasteiger partial charge >= 0.3 is 0 Å². The zero-order chi connectivity index (χ0) is 7.72. The van der Waals surface area contributed by atoms with Gasteiger partial charge in [-0.2, -0.15) is 0 Å². The molecule has 1 aliphatic rings. The summed E-state index contributed by atoms with van der Waals surface area (Å²) < 4.78 is 0. The van der Waals surface area contributed by atoms with Gasteiger partial charge in [-0.1, -0.05) is 6.92 Å². The van der Waals surface area contributed by atoms with Gasteiger partial charge in [0, 0.05) is 6.42 Å². The first-order chi connectivity index (χ1) is 4.61. The standard InChI is InChI=1S/C8H14O2/c1-5-3-7(5)8(10)4-6(2)9/h5,7-8,10H,3-4H2,1-2H3/t5-,7-,8+/m1/s1. The molecule has 0 radical (unpaired) electrons. The first-order valence-electron chi connectivity index (χ1n) is 3.78. The fourth-order valence-corrected chi connectivity index (χ4v) is 1.33. The minimum Gasteiger partial charge on any atom is -0.392 e. The third-order valence-electron chi connectivity index (χ3n) is 2.16. The molecule has 1 fully saturated rings. The molecule has 0 aromatic rings. The molecule has 0 aromatic carbocycles. The van der Waals surface area contributed by atoms with E-state index >= 15 is 0 Å². The first kappa shape index (κ1) is 7.73. The van der Waals surface area contributed by atoms with Crippen molar-refractivity contribution in [2.24, 2.45) is 11.8 Å². The van der Waals surface area contributed by atoms with Gasteiger partial charge in [0.05, 0.1) is 6.10 Å². The lowest BCUT2D eigenvalue weighted by molar-refractivity contribution is -0.119. The van der Waals surface area contributed by atoms with Gasteiger partial charge in [-0.15, -0.1) is 0 Å². The number of carbonyl (C=O) groups excluding carboxylic acids is 1. The predicted octanol–water partition coefficient (Wildman–Crippen LogP) is 0.982. The Kier molecular flexibility index (Phi) is 2.09. The summed E-state index contributed by atoms with van der Waals surface area (Å²) in [4.78, 5) is 10.5. The van der Waals surface area contributed by atoms with Crippen molar-refractivity contribution in [1.82, 2.24) is 0 Å². The van der Waals surface area contributed by atoms with E-state index in [9.17, 15) is 9.90 Å². The lowest BCUT2D eigenvalue weighted by Crippen LogP contribution is -2.14. The number of hydrogen-bond donors (Lipinski definition) is 1. The second-order valence-electron chi connectivity index (χ2n) is 3.35. The summed E-state index contributed by atoms with van der Waals surface area (Å²) in [7, 11) is 0. The summed E-state index contributed by atoms with van der Waals surface area (Å²) in [6, 6.07) is 0. The van der Waals surface area contributed by atoms with Crippen molar-refractivity contribution in [2.75, 3.05) is 0 Å². The molecule has 2 heteroatoms. The number of ketones is 1. The summed E-state index contributed by atoms with van der Waals surface area (Å²) in [5.74, 6) is 1.13. The molecular formula is C8H14O2. The largest absolute Gasteiger partial charge is 0.392 e. The van der Waals surface area contributed by atoms with Crippen LogP contribution >= 0.6 is 0 Å². The van der Waals surface area contributed by atoms with E-state index in [-0.39, 0.29) is 11.9 Å². The van der Waals surface area contributed by atoms with E-state index in [0.717, 1.165) is 6.42 Å². The molecule has 1 N–H and O–H groups in total. The molecule has 2 nitrogen and oxygen atoms in total. The third kappa shape index (κ3) is 1.81. The maximum Gasteiger partial charge on any atom is 0.132 e. The van der Waals surface area contributed by atoms with Gasteiger partial charge < -0.3 is 5.11 Å². The normalized spacial score (nSPS) is 33.5. The maximum absolute atomic E-state index is 10.5. The topological polar surface area (TPSA) is 37.3 Å². The zero-order valence-electron chi connectivity index (χ0n) is 6.50. The van der Waals surface area contributed by atoms with Gasteiger partial charge in [0.2, 0.25) is 0 Å². The number of hydrogen-bond acceptors (Lipinski definition) is 2. The number of Topliss-reactive ketones (excluding diaryl/α,β-unsaturated/α-hetero) is 1. The second kappa shape index (κ2) is 2.70. The highest BCUT2D eigenvalue weighted by Gasteiger charge is 2.38. The molecule has 10 heavy (non-hydrogen) atoms. The Labute approximate surface area is 61.2 Å². The van der Waals surface area contributed by atoms with Crippen LogP contribution in [0.3, 0.4) is 0 Å². The van der Waals surface area contributed by atoms with Gasteiger partial charge in [-0.3, -0.25) is 4.79 Å². The number of aliphatic hydroxyl groups excluding tert-OH is 1. The Hall–Kier alpha value is -0.370. The summed E-state index contributed by atoms with van der Waals surface area (Å²) in [6.07, 6.45) is 1.07. The van der Waals surface area contributed by atoms with Crippen LogP contribution in [-0.4, -0.2) is 17.0 Å².